The number of fused-ring (bicyclic) bond motifs is 12. The summed E-state index contributed by atoms with van der Waals surface area (Å²) in [5.74, 6) is -0.611. The van der Waals surface area contributed by atoms with Crippen LogP contribution in [-0.2, 0) is 72.0 Å². The van der Waals surface area contributed by atoms with Gasteiger partial charge in [0, 0.05) is 134 Å². The van der Waals surface area contributed by atoms with Crippen LogP contribution < -0.4 is 18.3 Å². The van der Waals surface area contributed by atoms with Gasteiger partial charge in [0.25, 0.3) is 0 Å². The van der Waals surface area contributed by atoms with Crippen LogP contribution in [0.4, 0.5) is 0 Å². The van der Waals surface area contributed by atoms with E-state index >= 15 is 0 Å². The maximum atomic E-state index is 8.85. The van der Waals surface area contributed by atoms with Crippen molar-refractivity contribution in [1.29, 1.82) is 0 Å². The number of nitrogens with zero attached hydrogens (tertiary/aromatic N) is 8. The Morgan fingerprint density at radius 2 is 0.692 bits per heavy atom. The SMILES string of the molecule is CCc1ccc2c(n1)oc1c(-c3cc(CC(C)(C)C)cc[n+]3C)c(C)ccc12.[2H]C([2H])(c1ccc(-c2c(C)ccc3c2oc2nc(C(C)(C)C)ccc23)[n+](C)c1)C(C)(C)C.[2H]C([2H])(c1ccc(-c2c(C)ccc3c2oc2nc(CC(C)(C)C)ccc23)[n+](C)c1)C(C)(C)C.[2H]C1(c2ccc3c(n2)oc2c(-c4ccc(C([2H])([2H])C(C)(C)C)c[n+]4C)c(C)ccc23)CCCC1. The summed E-state index contributed by atoms with van der Waals surface area (Å²) in [6, 6.07) is 49.9. The van der Waals surface area contributed by atoms with Gasteiger partial charge in [0.15, 0.2) is 47.1 Å². The maximum absolute atomic E-state index is 8.85. The Balaban J connectivity index is 0.000000137. The smallest absolute Gasteiger partial charge is 0.227 e. The van der Waals surface area contributed by atoms with Gasteiger partial charge in [0.2, 0.25) is 45.6 Å². The standard InChI is InChI=1S/C28H33N2O.C28H35N2O.C27H33N2O.C25H29N2O/c1-18-10-12-21-22-13-14-23(20-8-6-7-9-20)29-27(22)31-26(21)25(18)24-15-11-19(17-30(24)5)16-28(2,3)4;1-18-9-12-21-22-13-11-20(16-28(5,6)7)29-26(22)31-25(21)24(18)23-14-10-19(17-30(23)8)15-27(2,3)4;1-17-9-11-19-20-12-14-22(27(5,6)7)28-25(20)30-24(19)23(17)21-13-10-18(16-29(21)8)15-26(2,3)4;1-7-18-9-11-20-19-10-8-16(2)22(23(19)28-24(20)26-18)21-14-17(12-13-27(21)6)15-25(3,4)5/h10-15,17,20H,6-9,16H2,1-5H3;9-14,17H,15-16H2,1-8H3;9-14,16H,15H2,1-8H3;8-14H,7,15H2,1-6H3/q4*+1/i16D2,20D;2*15D2;. The summed E-state index contributed by atoms with van der Waals surface area (Å²) in [6.45, 7) is 47.8. The second-order valence-corrected chi connectivity index (χ2v) is 40.1. The van der Waals surface area contributed by atoms with E-state index in [-0.39, 0.29) is 16.2 Å². The van der Waals surface area contributed by atoms with Crippen LogP contribution in [0.5, 0.6) is 0 Å². The van der Waals surface area contributed by atoms with Crippen LogP contribution in [0.1, 0.15) is 240 Å². The second-order valence-electron chi connectivity index (χ2n) is 40.1. The molecule has 12 heteroatoms. The highest BCUT2D eigenvalue weighted by atomic mass is 16.4. The molecule has 12 nitrogen and oxygen atoms in total. The van der Waals surface area contributed by atoms with Crippen molar-refractivity contribution in [2.75, 3.05) is 0 Å². The zero-order valence-corrected chi connectivity index (χ0v) is 76.3. The summed E-state index contributed by atoms with van der Waals surface area (Å²) in [5, 5.41) is 8.31. The number of rotatable bonds is 11. The number of hydrogen-bond donors (Lipinski definition) is 0. The molecule has 12 heterocycles. The van der Waals surface area contributed by atoms with Crippen LogP contribution in [0, 0.1) is 54.8 Å². The third kappa shape index (κ3) is 18.9. The first-order valence-corrected chi connectivity index (χ1v) is 42.9. The Bertz CT molecular complexity index is 6940. The average Bonchev–Trinajstić information content (AvgIpc) is 1.70. The van der Waals surface area contributed by atoms with Crippen molar-refractivity contribution >= 4 is 88.3 Å². The highest BCUT2D eigenvalue weighted by Gasteiger charge is 2.31. The van der Waals surface area contributed by atoms with Crippen LogP contribution in [0.25, 0.3) is 133 Å². The molecule has 0 bridgehead atoms. The van der Waals surface area contributed by atoms with Gasteiger partial charge >= 0.3 is 0 Å². The molecule has 0 aliphatic heterocycles. The van der Waals surface area contributed by atoms with Gasteiger partial charge in [-0.15, -0.1) is 0 Å². The van der Waals surface area contributed by atoms with E-state index in [1.54, 1.807) is 0 Å². The predicted molar refractivity (Wildman–Crippen MR) is 497 cm³/mol. The van der Waals surface area contributed by atoms with Gasteiger partial charge < -0.3 is 17.7 Å². The molecule has 0 radical (unpaired) electrons. The van der Waals surface area contributed by atoms with Crippen molar-refractivity contribution in [2.24, 2.45) is 55.3 Å². The Morgan fingerprint density at radius 1 is 0.350 bits per heavy atom. The zero-order valence-electron chi connectivity index (χ0n) is 83.3. The van der Waals surface area contributed by atoms with Crippen LogP contribution in [0.3, 0.4) is 0 Å². The number of aromatic nitrogens is 8. The Labute approximate surface area is 722 Å². The van der Waals surface area contributed by atoms with E-state index in [2.05, 4.69) is 218 Å². The highest BCUT2D eigenvalue weighted by molar-refractivity contribution is 6.12. The largest absolute Gasteiger partial charge is 0.437 e. The Morgan fingerprint density at radius 3 is 1.06 bits per heavy atom. The molecule has 12 aromatic heterocycles. The molecule has 4 aromatic carbocycles. The number of pyridine rings is 8. The molecule has 1 fully saturated rings. The highest BCUT2D eigenvalue weighted by Crippen LogP contribution is 2.44. The first-order valence-electron chi connectivity index (χ1n) is 46.4. The van der Waals surface area contributed by atoms with Gasteiger partial charge in [0.1, 0.15) is 28.2 Å². The summed E-state index contributed by atoms with van der Waals surface area (Å²) in [4.78, 5) is 19.2. The number of benzene rings is 4. The molecule has 0 amide bonds. The van der Waals surface area contributed by atoms with Crippen LogP contribution in [-0.4, -0.2) is 19.9 Å². The van der Waals surface area contributed by atoms with Crippen molar-refractivity contribution in [2.45, 2.75) is 235 Å². The lowest BCUT2D eigenvalue weighted by atomic mass is 9.88. The van der Waals surface area contributed by atoms with Crippen molar-refractivity contribution < 1.29 is 45.5 Å². The van der Waals surface area contributed by atoms with Crippen molar-refractivity contribution in [3.63, 3.8) is 0 Å². The molecule has 1 aliphatic carbocycles. The van der Waals surface area contributed by atoms with Gasteiger partial charge in [-0.25, -0.2) is 38.2 Å². The molecule has 1 saturated carbocycles. The van der Waals surface area contributed by atoms with Crippen LogP contribution >= 0.6 is 0 Å². The van der Waals surface area contributed by atoms with Crippen molar-refractivity contribution in [3.8, 4) is 45.0 Å². The number of furan rings is 4. The lowest BCUT2D eigenvalue weighted by Gasteiger charge is -2.18. The minimum atomic E-state index is -1.46. The molecular formula is C108H130N8O4+4. The first-order chi connectivity index (χ1) is 59.1. The third-order valence-corrected chi connectivity index (χ3v) is 22.3. The van der Waals surface area contributed by atoms with Gasteiger partial charge in [-0.2, -0.15) is 0 Å². The van der Waals surface area contributed by atoms with Crippen LogP contribution in [0.15, 0.2) is 188 Å². The Kier molecular flexibility index (Phi) is 21.1. The van der Waals surface area contributed by atoms with Crippen molar-refractivity contribution in [1.82, 2.24) is 19.9 Å². The topological polar surface area (TPSA) is 120 Å². The molecular weight excluding hydrogens is 1470 g/mol. The monoisotopic (exact) mass is 1610 g/mol. The van der Waals surface area contributed by atoms with Gasteiger partial charge in [-0.1, -0.05) is 193 Å². The van der Waals surface area contributed by atoms with E-state index in [9.17, 15) is 0 Å². The molecule has 17 rings (SSSR count). The van der Waals surface area contributed by atoms with E-state index in [1.165, 1.54) is 16.8 Å². The molecule has 0 saturated heterocycles. The summed E-state index contributed by atoms with van der Waals surface area (Å²) < 4.78 is 94.4. The number of hydrogen-bond acceptors (Lipinski definition) is 8. The van der Waals surface area contributed by atoms with E-state index in [0.29, 0.717) is 33.8 Å². The van der Waals surface area contributed by atoms with Gasteiger partial charge in [0.05, 0.1) is 22.3 Å². The summed E-state index contributed by atoms with van der Waals surface area (Å²) in [5.41, 5.74) is 24.9. The number of aryl methyl sites for hydroxylation is 9. The fourth-order valence-corrected chi connectivity index (χ4v) is 16.8. The molecule has 0 atom stereocenters. The maximum Gasteiger partial charge on any atom is 0.227 e. The minimum Gasteiger partial charge on any atom is -0.437 e. The van der Waals surface area contributed by atoms with Gasteiger partial charge in [-0.05, 0) is 201 Å². The fourth-order valence-electron chi connectivity index (χ4n) is 16.8. The van der Waals surface area contributed by atoms with E-state index in [4.69, 9.17) is 47.2 Å². The van der Waals surface area contributed by atoms with E-state index in [1.807, 2.05) is 158 Å². The van der Waals surface area contributed by atoms with E-state index < -0.39 is 41.3 Å². The normalized spacial score (nSPS) is 14.8. The molecule has 622 valence electrons. The van der Waals surface area contributed by atoms with E-state index in [0.717, 1.165) is 195 Å². The minimum absolute atomic E-state index is 0.0553. The zero-order chi connectivity index (χ0) is 92.5. The molecule has 1 aliphatic rings. The summed E-state index contributed by atoms with van der Waals surface area (Å²) in [6.07, 6.45) is 10.2. The predicted octanol–water partition coefficient (Wildman–Crippen LogP) is 26.6. The molecule has 0 unspecified atom stereocenters. The molecule has 120 heavy (non-hydrogen) atoms. The second kappa shape index (κ2) is 33.0. The summed E-state index contributed by atoms with van der Waals surface area (Å²) >= 11 is 0. The van der Waals surface area contributed by atoms with Crippen LogP contribution in [0.2, 0.25) is 0 Å². The Hall–Kier alpha value is -10.7. The lowest BCUT2D eigenvalue weighted by Crippen LogP contribution is -2.32. The molecule has 16 aromatic rings. The first kappa shape index (κ1) is 76.7. The lowest BCUT2D eigenvalue weighted by molar-refractivity contribution is -0.660. The average molecular weight is 1610 g/mol. The van der Waals surface area contributed by atoms with Crippen molar-refractivity contribution in [3.05, 3.63) is 238 Å². The third-order valence-electron chi connectivity index (χ3n) is 22.3. The quantitative estimate of drug-likeness (QED) is 0.117. The molecule has 0 spiro atoms. The summed E-state index contributed by atoms with van der Waals surface area (Å²) in [7, 11) is 8.00. The fraction of sp³-hybridized carbons (Fsp3) is 0.407. The van der Waals surface area contributed by atoms with Gasteiger partial charge in [-0.3, -0.25) is 0 Å². The molecule has 0 N–H and O–H groups in total.